The highest BCUT2D eigenvalue weighted by molar-refractivity contribution is 7.99. The van der Waals surface area contributed by atoms with Crippen LogP contribution in [0.2, 0.25) is 5.02 Å². The molecule has 0 saturated carbocycles. The number of amides is 1. The molecule has 0 unspecified atom stereocenters. The summed E-state index contributed by atoms with van der Waals surface area (Å²) in [4.78, 5) is 14.4. The van der Waals surface area contributed by atoms with Crippen LogP contribution in [0.4, 0.5) is 0 Å². The van der Waals surface area contributed by atoms with Gasteiger partial charge in [-0.1, -0.05) is 42.6 Å². The van der Waals surface area contributed by atoms with Crippen LogP contribution in [-0.2, 0) is 10.5 Å². The molecule has 0 aliphatic carbocycles. The van der Waals surface area contributed by atoms with E-state index in [1.807, 2.05) is 24.3 Å². The third-order valence-corrected chi connectivity index (χ3v) is 5.47. The molecule has 1 saturated heterocycles. The van der Waals surface area contributed by atoms with Crippen molar-refractivity contribution in [3.05, 3.63) is 34.9 Å². The number of nitrogens with one attached hydrogen (secondary N) is 1. The lowest BCUT2D eigenvalue weighted by atomic mass is 10.2. The van der Waals surface area contributed by atoms with Gasteiger partial charge in [0, 0.05) is 17.3 Å². The smallest absolute Gasteiger partial charge is 0.230 e. The van der Waals surface area contributed by atoms with E-state index in [-0.39, 0.29) is 5.91 Å². The molecular formula is C18H27ClN2OS. The van der Waals surface area contributed by atoms with Gasteiger partial charge in [-0.3, -0.25) is 4.79 Å². The van der Waals surface area contributed by atoms with Gasteiger partial charge in [-0.2, -0.15) is 0 Å². The number of thioether (sulfide) groups is 1. The second-order valence-electron chi connectivity index (χ2n) is 6.04. The van der Waals surface area contributed by atoms with Gasteiger partial charge in [0.25, 0.3) is 0 Å². The second-order valence-corrected chi connectivity index (χ2v) is 7.44. The van der Waals surface area contributed by atoms with Crippen molar-refractivity contribution >= 4 is 29.3 Å². The highest BCUT2D eigenvalue weighted by Crippen LogP contribution is 2.20. The summed E-state index contributed by atoms with van der Waals surface area (Å²) in [5, 5.41) is 3.80. The Kier molecular flexibility index (Phi) is 8.87. The molecule has 1 N–H and O–H groups in total. The van der Waals surface area contributed by atoms with Crippen LogP contribution in [0.3, 0.4) is 0 Å². The van der Waals surface area contributed by atoms with Crippen LogP contribution in [0, 0.1) is 0 Å². The number of carbonyl (C=O) groups is 1. The van der Waals surface area contributed by atoms with Gasteiger partial charge in [-0.05, 0) is 50.5 Å². The molecule has 0 radical (unpaired) electrons. The van der Waals surface area contributed by atoms with Gasteiger partial charge >= 0.3 is 0 Å². The van der Waals surface area contributed by atoms with Crippen LogP contribution >= 0.6 is 23.4 Å². The van der Waals surface area contributed by atoms with Gasteiger partial charge in [-0.25, -0.2) is 0 Å². The van der Waals surface area contributed by atoms with Crippen LogP contribution in [0.1, 0.15) is 37.7 Å². The second kappa shape index (κ2) is 11.0. The molecule has 0 atom stereocenters. The van der Waals surface area contributed by atoms with Crippen LogP contribution in [-0.4, -0.2) is 42.7 Å². The van der Waals surface area contributed by atoms with E-state index in [1.165, 1.54) is 38.8 Å². The molecule has 2 rings (SSSR count). The SMILES string of the molecule is O=C(CSCc1ccccc1Cl)NCCCN1CCCCCC1. The first-order valence-electron chi connectivity index (χ1n) is 8.56. The summed E-state index contributed by atoms with van der Waals surface area (Å²) in [6.07, 6.45) is 6.43. The van der Waals surface area contributed by atoms with Crippen molar-refractivity contribution < 1.29 is 4.79 Å². The summed E-state index contributed by atoms with van der Waals surface area (Å²) in [6.45, 7) is 4.33. The topological polar surface area (TPSA) is 32.3 Å². The predicted octanol–water partition coefficient (Wildman–Crippen LogP) is 3.96. The zero-order chi connectivity index (χ0) is 16.3. The van der Waals surface area contributed by atoms with Crippen LogP contribution < -0.4 is 5.32 Å². The summed E-state index contributed by atoms with van der Waals surface area (Å²) in [7, 11) is 0. The van der Waals surface area contributed by atoms with E-state index in [9.17, 15) is 4.79 Å². The fraction of sp³-hybridized carbons (Fsp3) is 0.611. The lowest BCUT2D eigenvalue weighted by Crippen LogP contribution is -2.31. The van der Waals surface area contributed by atoms with Crippen LogP contribution in [0.25, 0.3) is 0 Å². The van der Waals surface area contributed by atoms with Gasteiger partial charge in [0.2, 0.25) is 5.91 Å². The molecule has 0 bridgehead atoms. The van der Waals surface area contributed by atoms with Crippen molar-refractivity contribution in [3.63, 3.8) is 0 Å². The molecule has 23 heavy (non-hydrogen) atoms. The van der Waals surface area contributed by atoms with Crippen molar-refractivity contribution in [2.45, 2.75) is 37.9 Å². The Labute approximate surface area is 149 Å². The normalized spacial score (nSPS) is 16.0. The molecule has 1 aromatic rings. The van der Waals surface area contributed by atoms with Crippen LogP contribution in [0.5, 0.6) is 0 Å². The molecule has 5 heteroatoms. The van der Waals surface area contributed by atoms with Gasteiger partial charge < -0.3 is 10.2 Å². The average Bonchev–Trinajstić information content (AvgIpc) is 2.82. The molecule has 1 aliphatic rings. The minimum Gasteiger partial charge on any atom is -0.355 e. The molecule has 0 spiro atoms. The van der Waals surface area contributed by atoms with Crippen molar-refractivity contribution in [2.75, 3.05) is 31.9 Å². The van der Waals surface area contributed by atoms with E-state index in [0.29, 0.717) is 5.75 Å². The molecule has 3 nitrogen and oxygen atoms in total. The van der Waals surface area contributed by atoms with Gasteiger partial charge in [0.05, 0.1) is 5.75 Å². The van der Waals surface area contributed by atoms with E-state index in [2.05, 4.69) is 10.2 Å². The minimum absolute atomic E-state index is 0.123. The molecule has 1 aromatic carbocycles. The molecular weight excluding hydrogens is 328 g/mol. The molecule has 1 aliphatic heterocycles. The minimum atomic E-state index is 0.123. The summed E-state index contributed by atoms with van der Waals surface area (Å²) >= 11 is 7.72. The molecule has 1 heterocycles. The zero-order valence-electron chi connectivity index (χ0n) is 13.7. The molecule has 128 valence electrons. The molecule has 0 aromatic heterocycles. The van der Waals surface area contributed by atoms with Crippen molar-refractivity contribution in [1.29, 1.82) is 0 Å². The number of hydrogen-bond acceptors (Lipinski definition) is 3. The Balaban J connectivity index is 1.52. The maximum Gasteiger partial charge on any atom is 0.230 e. The maximum atomic E-state index is 11.8. The van der Waals surface area contributed by atoms with E-state index in [4.69, 9.17) is 11.6 Å². The third kappa shape index (κ3) is 7.60. The van der Waals surface area contributed by atoms with Gasteiger partial charge in [0.15, 0.2) is 0 Å². The summed E-state index contributed by atoms with van der Waals surface area (Å²) in [5.74, 6) is 1.40. The maximum absolute atomic E-state index is 11.8. The number of hydrogen-bond donors (Lipinski definition) is 1. The number of halogens is 1. The van der Waals surface area contributed by atoms with E-state index >= 15 is 0 Å². The highest BCUT2D eigenvalue weighted by atomic mass is 35.5. The number of rotatable bonds is 8. The largest absolute Gasteiger partial charge is 0.355 e. The lowest BCUT2D eigenvalue weighted by molar-refractivity contribution is -0.118. The Hall–Kier alpha value is -0.710. The fourth-order valence-corrected chi connectivity index (χ4v) is 3.95. The monoisotopic (exact) mass is 354 g/mol. The first-order valence-corrected chi connectivity index (χ1v) is 10.1. The average molecular weight is 355 g/mol. The number of nitrogens with zero attached hydrogens (tertiary/aromatic N) is 1. The Morgan fingerprint density at radius 3 is 2.65 bits per heavy atom. The van der Waals surface area contributed by atoms with E-state index in [0.717, 1.165) is 35.8 Å². The zero-order valence-corrected chi connectivity index (χ0v) is 15.3. The summed E-state index contributed by atoms with van der Waals surface area (Å²) < 4.78 is 0. The Morgan fingerprint density at radius 1 is 1.17 bits per heavy atom. The quantitative estimate of drug-likeness (QED) is 0.717. The van der Waals surface area contributed by atoms with E-state index < -0.39 is 0 Å². The highest BCUT2D eigenvalue weighted by Gasteiger charge is 2.08. The summed E-state index contributed by atoms with van der Waals surface area (Å²) in [6, 6.07) is 7.80. The molecule has 1 amide bonds. The van der Waals surface area contributed by atoms with Crippen molar-refractivity contribution in [2.24, 2.45) is 0 Å². The predicted molar refractivity (Wildman–Crippen MR) is 100 cm³/mol. The van der Waals surface area contributed by atoms with Crippen LogP contribution in [0.15, 0.2) is 24.3 Å². The van der Waals surface area contributed by atoms with E-state index in [1.54, 1.807) is 11.8 Å². The first-order chi connectivity index (χ1) is 11.3. The standard InChI is InChI=1S/C18H27ClN2OS/c19-17-9-4-3-8-16(17)14-23-15-18(22)20-10-7-13-21-11-5-1-2-6-12-21/h3-4,8-9H,1-2,5-7,10-15H2,(H,20,22). The third-order valence-electron chi connectivity index (χ3n) is 4.12. The van der Waals surface area contributed by atoms with Crippen molar-refractivity contribution in [3.8, 4) is 0 Å². The first kappa shape index (κ1) is 18.6. The fourth-order valence-electron chi connectivity index (χ4n) is 2.81. The summed E-state index contributed by atoms with van der Waals surface area (Å²) in [5.41, 5.74) is 1.09. The number of benzene rings is 1. The number of carbonyl (C=O) groups excluding carboxylic acids is 1. The van der Waals surface area contributed by atoms with Crippen molar-refractivity contribution in [1.82, 2.24) is 10.2 Å². The number of likely N-dealkylation sites (tertiary alicyclic amines) is 1. The Bertz CT molecular complexity index is 476. The van der Waals surface area contributed by atoms with Gasteiger partial charge in [0.1, 0.15) is 0 Å². The lowest BCUT2D eigenvalue weighted by Gasteiger charge is -2.19. The Morgan fingerprint density at radius 2 is 1.91 bits per heavy atom. The van der Waals surface area contributed by atoms with Gasteiger partial charge in [-0.15, -0.1) is 11.8 Å². The molecule has 1 fully saturated rings.